The Bertz CT molecular complexity index is 1420. The summed E-state index contributed by atoms with van der Waals surface area (Å²) in [4.78, 5) is 41.2. The van der Waals surface area contributed by atoms with Crippen LogP contribution in [0.2, 0.25) is 0 Å². The minimum atomic E-state index is -0.542. The molecule has 0 radical (unpaired) electrons. The number of nitro benzene ring substituents is 1. The van der Waals surface area contributed by atoms with E-state index in [9.17, 15) is 19.7 Å². The highest BCUT2D eigenvalue weighted by Crippen LogP contribution is 2.31. The lowest BCUT2D eigenvalue weighted by atomic mass is 10.2. The summed E-state index contributed by atoms with van der Waals surface area (Å²) in [5.74, 6) is -0.592. The molecule has 0 fully saturated rings. The van der Waals surface area contributed by atoms with E-state index in [1.807, 2.05) is 38.1 Å². The fraction of sp³-hybridized carbons (Fsp3) is 0.160. The number of hydrogen-bond donors (Lipinski definition) is 2. The summed E-state index contributed by atoms with van der Waals surface area (Å²) in [5.41, 5.74) is 2.56. The van der Waals surface area contributed by atoms with E-state index in [1.54, 1.807) is 18.2 Å². The molecule has 0 saturated heterocycles. The van der Waals surface area contributed by atoms with E-state index in [2.05, 4.69) is 15.6 Å². The van der Waals surface area contributed by atoms with Gasteiger partial charge in [0.15, 0.2) is 5.13 Å². The number of thiazole rings is 1. The molecule has 1 unspecified atom stereocenters. The van der Waals surface area contributed by atoms with Gasteiger partial charge in [0.05, 0.1) is 20.4 Å². The van der Waals surface area contributed by atoms with Gasteiger partial charge in [-0.25, -0.2) is 4.98 Å². The van der Waals surface area contributed by atoms with Crippen LogP contribution in [0.15, 0.2) is 71.6 Å². The van der Waals surface area contributed by atoms with Crippen molar-refractivity contribution in [2.24, 2.45) is 0 Å². The second-order valence-corrected chi connectivity index (χ2v) is 10.1. The first-order valence-corrected chi connectivity index (χ1v) is 12.5. The summed E-state index contributed by atoms with van der Waals surface area (Å²) in [6, 6.07) is 18.7. The summed E-state index contributed by atoms with van der Waals surface area (Å²) >= 11 is 2.83. The number of benzene rings is 3. The lowest BCUT2D eigenvalue weighted by Crippen LogP contribution is -2.24. The molecule has 10 heteroatoms. The largest absolute Gasteiger partial charge is 0.322 e. The smallest absolute Gasteiger partial charge is 0.270 e. The Morgan fingerprint density at radius 2 is 1.89 bits per heavy atom. The molecule has 1 heterocycles. The molecule has 178 valence electrons. The predicted octanol–water partition coefficient (Wildman–Crippen LogP) is 6.27. The molecule has 0 aliphatic carbocycles. The SMILES string of the molecule is CCC(Sc1cccc(NC(=O)c2cccc([N+](=O)[O-])c2)c1)C(=O)Nc1nc2ccc(C)cc2s1. The van der Waals surface area contributed by atoms with Crippen molar-refractivity contribution in [3.63, 3.8) is 0 Å². The van der Waals surface area contributed by atoms with Crippen LogP contribution in [-0.4, -0.2) is 27.0 Å². The summed E-state index contributed by atoms with van der Waals surface area (Å²) in [5, 5.41) is 16.9. The highest BCUT2D eigenvalue weighted by Gasteiger charge is 2.20. The van der Waals surface area contributed by atoms with Gasteiger partial charge in [-0.15, -0.1) is 11.8 Å². The highest BCUT2D eigenvalue weighted by molar-refractivity contribution is 8.00. The van der Waals surface area contributed by atoms with Crippen LogP contribution in [-0.2, 0) is 4.79 Å². The number of amides is 2. The van der Waals surface area contributed by atoms with Crippen LogP contribution in [0, 0.1) is 17.0 Å². The molecule has 4 rings (SSSR count). The van der Waals surface area contributed by atoms with Gasteiger partial charge in [-0.2, -0.15) is 0 Å². The van der Waals surface area contributed by atoms with Crippen molar-refractivity contribution >= 4 is 61.6 Å². The van der Waals surface area contributed by atoms with E-state index in [1.165, 1.54) is 47.4 Å². The van der Waals surface area contributed by atoms with Gasteiger partial charge in [0.2, 0.25) is 5.91 Å². The fourth-order valence-corrected chi connectivity index (χ4v) is 5.35. The number of nitro groups is 1. The van der Waals surface area contributed by atoms with Gasteiger partial charge in [-0.3, -0.25) is 19.7 Å². The monoisotopic (exact) mass is 506 g/mol. The van der Waals surface area contributed by atoms with E-state index < -0.39 is 10.8 Å². The first-order chi connectivity index (χ1) is 16.8. The fourth-order valence-electron chi connectivity index (χ4n) is 3.37. The molecule has 8 nitrogen and oxygen atoms in total. The zero-order valence-corrected chi connectivity index (χ0v) is 20.6. The maximum Gasteiger partial charge on any atom is 0.270 e. The van der Waals surface area contributed by atoms with E-state index in [0.717, 1.165) is 20.7 Å². The number of carbonyl (C=O) groups excluding carboxylic acids is 2. The molecule has 2 N–H and O–H groups in total. The Labute approximate surface area is 209 Å². The Morgan fingerprint density at radius 1 is 1.09 bits per heavy atom. The van der Waals surface area contributed by atoms with Crippen LogP contribution >= 0.6 is 23.1 Å². The van der Waals surface area contributed by atoms with Gasteiger partial charge in [-0.1, -0.05) is 36.5 Å². The molecule has 1 atom stereocenters. The van der Waals surface area contributed by atoms with Crippen molar-refractivity contribution in [3.8, 4) is 0 Å². The number of nitrogens with one attached hydrogen (secondary N) is 2. The molecule has 0 saturated carbocycles. The van der Waals surface area contributed by atoms with E-state index in [4.69, 9.17) is 0 Å². The molecular weight excluding hydrogens is 484 g/mol. The van der Waals surface area contributed by atoms with Crippen molar-refractivity contribution in [2.75, 3.05) is 10.6 Å². The van der Waals surface area contributed by atoms with Crippen LogP contribution < -0.4 is 10.6 Å². The van der Waals surface area contributed by atoms with Gasteiger partial charge in [0.25, 0.3) is 11.6 Å². The summed E-state index contributed by atoms with van der Waals surface area (Å²) < 4.78 is 1.02. The number of carbonyl (C=O) groups is 2. The van der Waals surface area contributed by atoms with Crippen LogP contribution in [0.4, 0.5) is 16.5 Å². The van der Waals surface area contributed by atoms with Crippen LogP contribution in [0.1, 0.15) is 29.3 Å². The zero-order valence-electron chi connectivity index (χ0n) is 19.0. The zero-order chi connectivity index (χ0) is 24.9. The average molecular weight is 507 g/mol. The summed E-state index contributed by atoms with van der Waals surface area (Å²) in [6.07, 6.45) is 0.602. The molecule has 0 bridgehead atoms. The van der Waals surface area contributed by atoms with Gasteiger partial charge in [0, 0.05) is 28.3 Å². The van der Waals surface area contributed by atoms with E-state index in [0.29, 0.717) is 17.2 Å². The first kappa shape index (κ1) is 24.4. The normalized spacial score (nSPS) is 11.7. The number of non-ortho nitro benzene ring substituents is 1. The van der Waals surface area contributed by atoms with Crippen molar-refractivity contribution in [1.82, 2.24) is 4.98 Å². The van der Waals surface area contributed by atoms with E-state index in [-0.39, 0.29) is 22.4 Å². The number of aryl methyl sites for hydroxylation is 1. The van der Waals surface area contributed by atoms with Crippen LogP contribution in [0.5, 0.6) is 0 Å². The third-order valence-electron chi connectivity index (χ3n) is 5.13. The lowest BCUT2D eigenvalue weighted by Gasteiger charge is -2.14. The third-order valence-corrected chi connectivity index (χ3v) is 7.42. The summed E-state index contributed by atoms with van der Waals surface area (Å²) in [6.45, 7) is 3.95. The minimum absolute atomic E-state index is 0.140. The Balaban J connectivity index is 1.43. The molecular formula is C25H22N4O4S2. The van der Waals surface area contributed by atoms with Gasteiger partial charge < -0.3 is 10.6 Å². The highest BCUT2D eigenvalue weighted by atomic mass is 32.2. The Morgan fingerprint density at radius 3 is 2.66 bits per heavy atom. The van der Waals surface area contributed by atoms with Gasteiger partial charge in [0.1, 0.15) is 0 Å². The number of hydrogen-bond acceptors (Lipinski definition) is 7. The van der Waals surface area contributed by atoms with Crippen molar-refractivity contribution in [2.45, 2.75) is 30.4 Å². The Kier molecular flexibility index (Phi) is 7.42. The van der Waals surface area contributed by atoms with Crippen molar-refractivity contribution in [3.05, 3.63) is 88.0 Å². The second kappa shape index (κ2) is 10.7. The molecule has 1 aromatic heterocycles. The van der Waals surface area contributed by atoms with E-state index >= 15 is 0 Å². The molecule has 35 heavy (non-hydrogen) atoms. The lowest BCUT2D eigenvalue weighted by molar-refractivity contribution is -0.384. The molecule has 3 aromatic carbocycles. The van der Waals surface area contributed by atoms with Crippen molar-refractivity contribution < 1.29 is 14.5 Å². The standard InChI is InChI=1S/C25H22N4O4S2/c1-3-21(24(31)28-25-27-20-11-10-15(2)12-22(20)35-25)34-19-9-5-7-17(14-19)26-23(30)16-6-4-8-18(13-16)29(32)33/h4-14,21H,3H2,1-2H3,(H,26,30)(H,27,28,31). The average Bonchev–Trinajstić information content (AvgIpc) is 3.24. The summed E-state index contributed by atoms with van der Waals surface area (Å²) in [7, 11) is 0. The molecule has 2 amide bonds. The number of rotatable bonds is 8. The minimum Gasteiger partial charge on any atom is -0.322 e. The molecule has 0 aliphatic heterocycles. The number of fused-ring (bicyclic) bond motifs is 1. The van der Waals surface area contributed by atoms with Crippen LogP contribution in [0.3, 0.4) is 0 Å². The molecule has 0 spiro atoms. The number of aromatic nitrogens is 1. The third kappa shape index (κ3) is 6.03. The number of anilines is 2. The molecule has 0 aliphatic rings. The van der Waals surface area contributed by atoms with Crippen molar-refractivity contribution in [1.29, 1.82) is 0 Å². The predicted molar refractivity (Wildman–Crippen MR) is 140 cm³/mol. The first-order valence-electron chi connectivity index (χ1n) is 10.8. The van der Waals surface area contributed by atoms with Crippen LogP contribution in [0.25, 0.3) is 10.2 Å². The maximum absolute atomic E-state index is 12.9. The quantitative estimate of drug-likeness (QED) is 0.165. The number of thioether (sulfide) groups is 1. The number of nitrogens with zero attached hydrogens (tertiary/aromatic N) is 2. The molecule has 4 aromatic rings. The Hall–Kier alpha value is -3.76. The van der Waals surface area contributed by atoms with Gasteiger partial charge >= 0.3 is 0 Å². The second-order valence-electron chi connectivity index (χ2n) is 7.78. The maximum atomic E-state index is 12.9. The van der Waals surface area contributed by atoms with Gasteiger partial charge in [-0.05, 0) is 55.3 Å². The topological polar surface area (TPSA) is 114 Å².